The Balaban J connectivity index is 2.69. The normalized spacial score (nSPS) is 39.8. The van der Waals surface area contributed by atoms with E-state index in [0.717, 1.165) is 6.92 Å². The Morgan fingerprint density at radius 1 is 1.29 bits per heavy atom. The Labute approximate surface area is 97.0 Å². The van der Waals surface area contributed by atoms with Crippen LogP contribution in [0.4, 0.5) is 0 Å². The minimum atomic E-state index is -1.66. The first kappa shape index (κ1) is 14.3. The van der Waals surface area contributed by atoms with E-state index in [0.29, 0.717) is 0 Å². The third-order valence-electron chi connectivity index (χ3n) is 2.42. The Kier molecular flexibility index (Phi) is 4.80. The highest BCUT2D eigenvalue weighted by Crippen LogP contribution is 2.22. The standard InChI is InChI=1S/C9H16O8/c1-3(11)8(15)17-9-7(14)6(13)5(12)4(2-10)16-9/h3-7,9-14H,2H2,1H3/t3?,4-,5-,6+,7+,9-/m1/s1. The molecule has 0 saturated carbocycles. The first-order valence-electron chi connectivity index (χ1n) is 5.07. The van der Waals surface area contributed by atoms with Crippen LogP contribution in [0, 0.1) is 0 Å². The van der Waals surface area contributed by atoms with Gasteiger partial charge in [-0.2, -0.15) is 0 Å². The lowest BCUT2D eigenvalue weighted by Gasteiger charge is -2.39. The van der Waals surface area contributed by atoms with Gasteiger partial charge in [-0.05, 0) is 6.92 Å². The molecule has 100 valence electrons. The molecule has 1 saturated heterocycles. The molecule has 0 aliphatic carbocycles. The number of esters is 1. The van der Waals surface area contributed by atoms with Crippen LogP contribution in [0.3, 0.4) is 0 Å². The van der Waals surface area contributed by atoms with Crippen LogP contribution in [0.2, 0.25) is 0 Å². The highest BCUT2D eigenvalue weighted by molar-refractivity contribution is 5.73. The monoisotopic (exact) mass is 252 g/mol. The van der Waals surface area contributed by atoms with Crippen LogP contribution >= 0.6 is 0 Å². The van der Waals surface area contributed by atoms with Crippen molar-refractivity contribution in [2.45, 2.75) is 43.7 Å². The zero-order chi connectivity index (χ0) is 13.2. The van der Waals surface area contributed by atoms with Gasteiger partial charge in [-0.15, -0.1) is 0 Å². The molecule has 6 atom stereocenters. The van der Waals surface area contributed by atoms with Gasteiger partial charge in [0.1, 0.15) is 30.5 Å². The van der Waals surface area contributed by atoms with Gasteiger partial charge in [0, 0.05) is 0 Å². The van der Waals surface area contributed by atoms with Gasteiger partial charge in [0.2, 0.25) is 6.29 Å². The van der Waals surface area contributed by atoms with Gasteiger partial charge < -0.3 is 35.0 Å². The molecule has 0 aromatic carbocycles. The highest BCUT2D eigenvalue weighted by atomic mass is 16.7. The maximum Gasteiger partial charge on any atom is 0.337 e. The maximum atomic E-state index is 11.1. The quantitative estimate of drug-likeness (QED) is 0.330. The smallest absolute Gasteiger partial charge is 0.337 e. The van der Waals surface area contributed by atoms with E-state index in [1.165, 1.54) is 0 Å². The number of ether oxygens (including phenoxy) is 2. The number of aliphatic hydroxyl groups excluding tert-OH is 5. The molecular weight excluding hydrogens is 236 g/mol. The lowest BCUT2D eigenvalue weighted by atomic mass is 9.99. The number of rotatable bonds is 3. The Morgan fingerprint density at radius 2 is 1.88 bits per heavy atom. The van der Waals surface area contributed by atoms with Gasteiger partial charge in [-0.1, -0.05) is 0 Å². The second kappa shape index (κ2) is 5.71. The summed E-state index contributed by atoms with van der Waals surface area (Å²) in [6.07, 6.45) is -8.91. The lowest BCUT2D eigenvalue weighted by Crippen LogP contribution is -2.59. The van der Waals surface area contributed by atoms with Crippen molar-refractivity contribution in [3.63, 3.8) is 0 Å². The van der Waals surface area contributed by atoms with Crippen molar-refractivity contribution in [1.29, 1.82) is 0 Å². The van der Waals surface area contributed by atoms with Gasteiger partial charge in [-0.25, -0.2) is 4.79 Å². The average molecular weight is 252 g/mol. The molecule has 1 aliphatic heterocycles. The summed E-state index contributed by atoms with van der Waals surface area (Å²) in [6.45, 7) is 0.542. The number of hydrogen-bond donors (Lipinski definition) is 5. The van der Waals surface area contributed by atoms with Crippen molar-refractivity contribution in [2.24, 2.45) is 0 Å². The predicted octanol–water partition coefficient (Wildman–Crippen LogP) is -3.29. The SMILES string of the molecule is CC(O)C(=O)O[C@H]1O[C@H](CO)[C@@H](O)[C@H](O)[C@@H]1O. The molecule has 8 heteroatoms. The summed E-state index contributed by atoms with van der Waals surface area (Å²) < 4.78 is 9.46. The van der Waals surface area contributed by atoms with Crippen molar-refractivity contribution >= 4 is 5.97 Å². The molecule has 1 fully saturated rings. The molecule has 0 amide bonds. The van der Waals surface area contributed by atoms with Gasteiger partial charge in [0.25, 0.3) is 0 Å². The summed E-state index contributed by atoms with van der Waals surface area (Å²) >= 11 is 0. The van der Waals surface area contributed by atoms with Crippen molar-refractivity contribution in [1.82, 2.24) is 0 Å². The molecule has 0 aromatic rings. The van der Waals surface area contributed by atoms with Crippen LogP contribution in [-0.4, -0.2) is 74.9 Å². The Hall–Kier alpha value is -0.770. The highest BCUT2D eigenvalue weighted by Gasteiger charge is 2.45. The molecule has 1 rings (SSSR count). The number of carbonyl (C=O) groups excluding carboxylic acids is 1. The molecule has 0 radical (unpaired) electrons. The number of hydrogen-bond acceptors (Lipinski definition) is 8. The molecule has 0 bridgehead atoms. The fourth-order valence-electron chi connectivity index (χ4n) is 1.38. The summed E-state index contributed by atoms with van der Waals surface area (Å²) in [4.78, 5) is 11.1. The maximum absolute atomic E-state index is 11.1. The minimum absolute atomic E-state index is 0.617. The third kappa shape index (κ3) is 3.12. The van der Waals surface area contributed by atoms with Crippen molar-refractivity contribution in [2.75, 3.05) is 6.61 Å². The molecule has 1 unspecified atom stereocenters. The van der Waals surface area contributed by atoms with Crippen LogP contribution in [0.5, 0.6) is 0 Å². The second-order valence-corrected chi connectivity index (χ2v) is 3.81. The van der Waals surface area contributed by atoms with E-state index in [2.05, 4.69) is 4.74 Å². The van der Waals surface area contributed by atoms with Gasteiger partial charge in [0.15, 0.2) is 0 Å². The van der Waals surface area contributed by atoms with E-state index in [4.69, 9.17) is 14.9 Å². The largest absolute Gasteiger partial charge is 0.431 e. The molecule has 5 N–H and O–H groups in total. The minimum Gasteiger partial charge on any atom is -0.431 e. The average Bonchev–Trinajstić information content (AvgIpc) is 2.29. The third-order valence-corrected chi connectivity index (χ3v) is 2.42. The molecule has 0 spiro atoms. The van der Waals surface area contributed by atoms with Gasteiger partial charge in [0.05, 0.1) is 6.61 Å². The van der Waals surface area contributed by atoms with E-state index < -0.39 is 49.4 Å². The summed E-state index contributed by atoms with van der Waals surface area (Å²) in [7, 11) is 0. The summed E-state index contributed by atoms with van der Waals surface area (Å²) in [5.74, 6) is -1.05. The molecule has 1 heterocycles. The van der Waals surface area contributed by atoms with Crippen molar-refractivity contribution in [3.8, 4) is 0 Å². The Morgan fingerprint density at radius 3 is 2.35 bits per heavy atom. The topological polar surface area (TPSA) is 137 Å². The predicted molar refractivity (Wildman–Crippen MR) is 51.5 cm³/mol. The van der Waals surface area contributed by atoms with Gasteiger partial charge >= 0.3 is 5.97 Å². The summed E-state index contributed by atoms with van der Waals surface area (Å²) in [5, 5.41) is 46.0. The zero-order valence-corrected chi connectivity index (χ0v) is 9.13. The first-order valence-corrected chi connectivity index (χ1v) is 5.07. The fourth-order valence-corrected chi connectivity index (χ4v) is 1.38. The van der Waals surface area contributed by atoms with E-state index in [-0.39, 0.29) is 0 Å². The summed E-state index contributed by atoms with van der Waals surface area (Å²) in [5.41, 5.74) is 0. The van der Waals surface area contributed by atoms with Crippen molar-refractivity contribution in [3.05, 3.63) is 0 Å². The fraction of sp³-hybridized carbons (Fsp3) is 0.889. The summed E-state index contributed by atoms with van der Waals surface area (Å²) in [6, 6.07) is 0. The van der Waals surface area contributed by atoms with Crippen molar-refractivity contribution < 1.29 is 39.8 Å². The molecule has 17 heavy (non-hydrogen) atoms. The lowest BCUT2D eigenvalue weighted by molar-refractivity contribution is -0.294. The molecule has 0 aromatic heterocycles. The van der Waals surface area contributed by atoms with Crippen LogP contribution in [-0.2, 0) is 14.3 Å². The number of carbonyl (C=O) groups is 1. The van der Waals surface area contributed by atoms with Gasteiger partial charge in [-0.3, -0.25) is 0 Å². The molecule has 8 nitrogen and oxygen atoms in total. The van der Waals surface area contributed by atoms with Crippen LogP contribution in [0.15, 0.2) is 0 Å². The zero-order valence-electron chi connectivity index (χ0n) is 9.13. The Bertz CT molecular complexity index is 266. The van der Waals surface area contributed by atoms with Crippen LogP contribution in [0.25, 0.3) is 0 Å². The second-order valence-electron chi connectivity index (χ2n) is 3.81. The van der Waals surface area contributed by atoms with E-state index in [1.807, 2.05) is 0 Å². The molecule has 1 aliphatic rings. The van der Waals surface area contributed by atoms with E-state index >= 15 is 0 Å². The molecular formula is C9H16O8. The first-order chi connectivity index (χ1) is 7.88. The van der Waals surface area contributed by atoms with E-state index in [1.54, 1.807) is 0 Å². The van der Waals surface area contributed by atoms with Crippen LogP contribution < -0.4 is 0 Å². The van der Waals surface area contributed by atoms with E-state index in [9.17, 15) is 20.1 Å². The van der Waals surface area contributed by atoms with Crippen LogP contribution in [0.1, 0.15) is 6.92 Å². The number of aliphatic hydroxyl groups is 5.